The molecule has 5 heteroatoms. The molecule has 0 saturated heterocycles. The highest BCUT2D eigenvalue weighted by atomic mass is 19.1. The Morgan fingerprint density at radius 1 is 1.13 bits per heavy atom. The number of methoxy groups -OCH3 is 1. The molecule has 0 unspecified atom stereocenters. The van der Waals surface area contributed by atoms with E-state index in [-0.39, 0.29) is 18.3 Å². The van der Waals surface area contributed by atoms with Crippen LogP contribution in [-0.2, 0) is 11.3 Å². The van der Waals surface area contributed by atoms with Gasteiger partial charge in [-0.25, -0.2) is 4.39 Å². The van der Waals surface area contributed by atoms with E-state index in [1.54, 1.807) is 19.2 Å². The van der Waals surface area contributed by atoms with Gasteiger partial charge in [-0.1, -0.05) is 18.2 Å². The summed E-state index contributed by atoms with van der Waals surface area (Å²) in [6.45, 7) is 4.09. The van der Waals surface area contributed by atoms with E-state index in [1.165, 1.54) is 12.1 Å². The van der Waals surface area contributed by atoms with Gasteiger partial charge < -0.3 is 14.8 Å². The van der Waals surface area contributed by atoms with Gasteiger partial charge in [0.25, 0.3) is 5.91 Å². The minimum atomic E-state index is -0.490. The molecule has 0 aliphatic rings. The molecule has 0 aromatic heterocycles. The van der Waals surface area contributed by atoms with Crippen molar-refractivity contribution in [3.63, 3.8) is 0 Å². The molecule has 0 bridgehead atoms. The van der Waals surface area contributed by atoms with Crippen LogP contribution < -0.4 is 14.8 Å². The predicted octanol–water partition coefficient (Wildman–Crippen LogP) is 3.15. The van der Waals surface area contributed by atoms with Crippen molar-refractivity contribution in [2.45, 2.75) is 20.4 Å². The number of hydrogen-bond acceptors (Lipinski definition) is 3. The molecule has 0 atom stereocenters. The van der Waals surface area contributed by atoms with E-state index in [1.807, 2.05) is 26.0 Å². The zero-order valence-corrected chi connectivity index (χ0v) is 13.5. The number of carbonyl (C=O) groups excluding carboxylic acids is 1. The van der Waals surface area contributed by atoms with E-state index >= 15 is 0 Å². The van der Waals surface area contributed by atoms with E-state index in [0.29, 0.717) is 6.54 Å². The normalized spacial score (nSPS) is 10.3. The number of para-hydroxylation sites is 1. The van der Waals surface area contributed by atoms with Gasteiger partial charge in [-0.3, -0.25) is 4.79 Å². The highest BCUT2D eigenvalue weighted by molar-refractivity contribution is 5.77. The number of benzene rings is 2. The molecule has 0 aliphatic carbocycles. The maximum absolute atomic E-state index is 13.4. The molecule has 1 amide bonds. The smallest absolute Gasteiger partial charge is 0.258 e. The Bertz CT molecular complexity index is 701. The molecular formula is C18H20FNO3. The third-order valence-corrected chi connectivity index (χ3v) is 3.57. The van der Waals surface area contributed by atoms with Crippen LogP contribution in [0.3, 0.4) is 0 Å². The summed E-state index contributed by atoms with van der Waals surface area (Å²) >= 11 is 0. The lowest BCUT2D eigenvalue weighted by atomic mass is 10.0. The fourth-order valence-corrected chi connectivity index (χ4v) is 2.13. The Morgan fingerprint density at radius 2 is 1.83 bits per heavy atom. The first-order valence-corrected chi connectivity index (χ1v) is 7.29. The van der Waals surface area contributed by atoms with Crippen molar-refractivity contribution in [3.05, 3.63) is 58.9 Å². The summed E-state index contributed by atoms with van der Waals surface area (Å²) in [6.07, 6.45) is 0. The van der Waals surface area contributed by atoms with Crippen molar-refractivity contribution >= 4 is 5.91 Å². The minimum absolute atomic E-state index is 0.0615. The highest BCUT2D eigenvalue weighted by Crippen LogP contribution is 2.22. The van der Waals surface area contributed by atoms with Gasteiger partial charge in [0.05, 0.1) is 7.11 Å². The van der Waals surface area contributed by atoms with Gasteiger partial charge in [0, 0.05) is 12.1 Å². The van der Waals surface area contributed by atoms with Crippen molar-refractivity contribution in [2.75, 3.05) is 13.7 Å². The van der Waals surface area contributed by atoms with Crippen LogP contribution >= 0.6 is 0 Å². The van der Waals surface area contributed by atoms with E-state index in [0.717, 1.165) is 22.4 Å². The average Bonchev–Trinajstić information content (AvgIpc) is 2.54. The Kier molecular flexibility index (Phi) is 5.57. The quantitative estimate of drug-likeness (QED) is 0.890. The summed E-state index contributed by atoms with van der Waals surface area (Å²) in [4.78, 5) is 11.9. The number of nitrogens with one attached hydrogen (secondary N) is 1. The van der Waals surface area contributed by atoms with Crippen LogP contribution in [0.1, 0.15) is 16.7 Å². The topological polar surface area (TPSA) is 47.6 Å². The molecule has 1 N–H and O–H groups in total. The largest absolute Gasteiger partial charge is 0.496 e. The van der Waals surface area contributed by atoms with Crippen molar-refractivity contribution < 1.29 is 18.7 Å². The van der Waals surface area contributed by atoms with Crippen LogP contribution in [0.5, 0.6) is 11.5 Å². The first-order valence-electron chi connectivity index (χ1n) is 7.29. The van der Waals surface area contributed by atoms with Crippen LogP contribution in [0.15, 0.2) is 36.4 Å². The number of amides is 1. The van der Waals surface area contributed by atoms with Crippen LogP contribution in [0.2, 0.25) is 0 Å². The van der Waals surface area contributed by atoms with E-state index in [2.05, 4.69) is 5.32 Å². The van der Waals surface area contributed by atoms with Gasteiger partial charge in [-0.15, -0.1) is 0 Å². The molecule has 0 fully saturated rings. The summed E-state index contributed by atoms with van der Waals surface area (Å²) in [5, 5.41) is 2.74. The van der Waals surface area contributed by atoms with Gasteiger partial charge >= 0.3 is 0 Å². The van der Waals surface area contributed by atoms with Gasteiger partial charge in [0.1, 0.15) is 5.75 Å². The summed E-state index contributed by atoms with van der Waals surface area (Å²) in [7, 11) is 1.59. The van der Waals surface area contributed by atoms with Gasteiger partial charge in [0.15, 0.2) is 18.2 Å². The SMILES string of the molecule is COc1cc(C)c(C)cc1CNC(=O)COc1ccccc1F. The highest BCUT2D eigenvalue weighted by Gasteiger charge is 2.09. The Labute approximate surface area is 135 Å². The molecular weight excluding hydrogens is 297 g/mol. The predicted molar refractivity (Wildman–Crippen MR) is 86.2 cm³/mol. The lowest BCUT2D eigenvalue weighted by Gasteiger charge is -2.13. The maximum atomic E-state index is 13.4. The lowest BCUT2D eigenvalue weighted by molar-refractivity contribution is -0.123. The number of halogens is 1. The summed E-state index contributed by atoms with van der Waals surface area (Å²) < 4.78 is 23.9. The third-order valence-electron chi connectivity index (χ3n) is 3.57. The molecule has 2 aromatic carbocycles. The van der Waals surface area contributed by atoms with Crippen molar-refractivity contribution in [2.24, 2.45) is 0 Å². The maximum Gasteiger partial charge on any atom is 0.258 e. The molecule has 23 heavy (non-hydrogen) atoms. The van der Waals surface area contributed by atoms with Gasteiger partial charge in [-0.05, 0) is 43.2 Å². The molecule has 0 spiro atoms. The van der Waals surface area contributed by atoms with Gasteiger partial charge in [-0.2, -0.15) is 0 Å². The Balaban J connectivity index is 1.92. The zero-order chi connectivity index (χ0) is 16.8. The fourth-order valence-electron chi connectivity index (χ4n) is 2.13. The molecule has 0 heterocycles. The van der Waals surface area contributed by atoms with E-state index < -0.39 is 5.82 Å². The van der Waals surface area contributed by atoms with Gasteiger partial charge in [0.2, 0.25) is 0 Å². The summed E-state index contributed by atoms with van der Waals surface area (Å²) in [6, 6.07) is 9.89. The third kappa shape index (κ3) is 4.45. The van der Waals surface area contributed by atoms with Crippen LogP contribution in [0.25, 0.3) is 0 Å². The second-order valence-corrected chi connectivity index (χ2v) is 5.24. The van der Waals surface area contributed by atoms with Crippen molar-refractivity contribution in [3.8, 4) is 11.5 Å². The fraction of sp³-hybridized carbons (Fsp3) is 0.278. The Hall–Kier alpha value is -2.56. The second-order valence-electron chi connectivity index (χ2n) is 5.24. The molecule has 0 aliphatic heterocycles. The molecule has 0 radical (unpaired) electrons. The monoisotopic (exact) mass is 317 g/mol. The van der Waals surface area contributed by atoms with E-state index in [4.69, 9.17) is 9.47 Å². The summed E-state index contributed by atoms with van der Waals surface area (Å²) in [5.41, 5.74) is 3.13. The van der Waals surface area contributed by atoms with Crippen LogP contribution in [0.4, 0.5) is 4.39 Å². The second kappa shape index (κ2) is 7.63. The number of hydrogen-bond donors (Lipinski definition) is 1. The number of rotatable bonds is 6. The van der Waals surface area contributed by atoms with Crippen molar-refractivity contribution in [1.29, 1.82) is 0 Å². The van der Waals surface area contributed by atoms with Crippen molar-refractivity contribution in [1.82, 2.24) is 5.32 Å². The standard InChI is InChI=1S/C18H20FNO3/c1-12-8-14(17(22-3)9-13(12)2)10-20-18(21)11-23-16-7-5-4-6-15(16)19/h4-9H,10-11H2,1-3H3,(H,20,21). The number of carbonyl (C=O) groups is 1. The average molecular weight is 317 g/mol. The number of ether oxygens (including phenoxy) is 2. The minimum Gasteiger partial charge on any atom is -0.496 e. The van der Waals surface area contributed by atoms with Crippen LogP contribution in [0, 0.1) is 19.7 Å². The molecule has 2 aromatic rings. The summed E-state index contributed by atoms with van der Waals surface area (Å²) in [5.74, 6) is -0.0282. The Morgan fingerprint density at radius 3 is 2.52 bits per heavy atom. The van der Waals surface area contributed by atoms with E-state index in [9.17, 15) is 9.18 Å². The lowest BCUT2D eigenvalue weighted by Crippen LogP contribution is -2.28. The number of aryl methyl sites for hydroxylation is 2. The molecule has 0 saturated carbocycles. The first kappa shape index (κ1) is 16.8. The molecule has 2 rings (SSSR count). The first-order chi connectivity index (χ1) is 11.0. The van der Waals surface area contributed by atoms with Crippen LogP contribution in [-0.4, -0.2) is 19.6 Å². The molecule has 122 valence electrons. The zero-order valence-electron chi connectivity index (χ0n) is 13.5. The molecule has 4 nitrogen and oxygen atoms in total.